The second-order valence-electron chi connectivity index (χ2n) is 7.43. The first-order chi connectivity index (χ1) is 9.64. The minimum atomic E-state index is -0.474. The minimum absolute atomic E-state index is 0.0289. The lowest BCUT2D eigenvalue weighted by Crippen LogP contribution is -2.40. The zero-order chi connectivity index (χ0) is 15.8. The molecule has 2 amide bonds. The highest BCUT2D eigenvalue weighted by Gasteiger charge is 2.51. The third-order valence-corrected chi connectivity index (χ3v) is 4.47. The molecule has 0 aromatic rings. The lowest BCUT2D eigenvalue weighted by Gasteiger charge is -2.27. The molecular formula is C15H25ClN2O3. The highest BCUT2D eigenvalue weighted by atomic mass is 35.5. The molecule has 2 rings (SSSR count). The van der Waals surface area contributed by atoms with E-state index in [1.165, 1.54) is 0 Å². The fourth-order valence-corrected chi connectivity index (χ4v) is 3.40. The number of nitrogens with zero attached hydrogens (tertiary/aromatic N) is 2. The molecule has 2 atom stereocenters. The number of alkyl halides is 1. The van der Waals surface area contributed by atoms with Crippen molar-refractivity contribution in [2.45, 2.75) is 39.7 Å². The van der Waals surface area contributed by atoms with Crippen LogP contribution >= 0.6 is 11.6 Å². The number of rotatable bonds is 2. The average Bonchev–Trinajstić information content (AvgIpc) is 2.79. The van der Waals surface area contributed by atoms with Crippen LogP contribution in [-0.2, 0) is 9.53 Å². The first-order valence-corrected chi connectivity index (χ1v) is 8.00. The molecule has 0 unspecified atom stereocenters. The molecule has 2 heterocycles. The Morgan fingerprint density at radius 2 is 1.81 bits per heavy atom. The quantitative estimate of drug-likeness (QED) is 0.735. The number of halogens is 1. The molecule has 0 aromatic heterocycles. The fraction of sp³-hybridized carbons (Fsp3) is 0.867. The Kier molecular flexibility index (Phi) is 4.43. The van der Waals surface area contributed by atoms with Gasteiger partial charge in [-0.2, -0.15) is 0 Å². The highest BCUT2D eigenvalue weighted by molar-refractivity contribution is 6.18. The summed E-state index contributed by atoms with van der Waals surface area (Å²) in [5, 5.41) is 0. The van der Waals surface area contributed by atoms with Crippen LogP contribution in [0, 0.1) is 11.3 Å². The third kappa shape index (κ3) is 3.62. The first-order valence-electron chi connectivity index (χ1n) is 7.46. The molecule has 0 radical (unpaired) electrons. The van der Waals surface area contributed by atoms with Crippen molar-refractivity contribution in [3.05, 3.63) is 0 Å². The Morgan fingerprint density at radius 3 is 2.33 bits per heavy atom. The number of carbonyl (C=O) groups excluding carboxylic acids is 2. The summed E-state index contributed by atoms with van der Waals surface area (Å²) in [5.74, 6) is 0.800. The molecule has 2 saturated heterocycles. The Morgan fingerprint density at radius 1 is 1.24 bits per heavy atom. The van der Waals surface area contributed by atoms with Crippen molar-refractivity contribution in [2.24, 2.45) is 11.3 Å². The molecule has 6 heteroatoms. The van der Waals surface area contributed by atoms with Crippen LogP contribution in [0.25, 0.3) is 0 Å². The summed E-state index contributed by atoms with van der Waals surface area (Å²) in [6, 6.07) is 0. The zero-order valence-corrected chi connectivity index (χ0v) is 14.1. The molecule has 2 fully saturated rings. The van der Waals surface area contributed by atoms with Gasteiger partial charge in [0, 0.05) is 49.8 Å². The Balaban J connectivity index is 1.95. The number of fused-ring (bicyclic) bond motifs is 1. The van der Waals surface area contributed by atoms with Gasteiger partial charge in [0.25, 0.3) is 0 Å². The number of hydrogen-bond acceptors (Lipinski definition) is 3. The average molecular weight is 317 g/mol. The lowest BCUT2D eigenvalue weighted by molar-refractivity contribution is -0.130. The van der Waals surface area contributed by atoms with Crippen molar-refractivity contribution in [1.82, 2.24) is 9.80 Å². The van der Waals surface area contributed by atoms with Gasteiger partial charge in [-0.1, -0.05) is 6.92 Å². The fourth-order valence-electron chi connectivity index (χ4n) is 3.23. The maximum absolute atomic E-state index is 12.2. The van der Waals surface area contributed by atoms with Crippen molar-refractivity contribution in [1.29, 1.82) is 0 Å². The van der Waals surface area contributed by atoms with Crippen LogP contribution in [0.3, 0.4) is 0 Å². The molecule has 0 spiro atoms. The summed E-state index contributed by atoms with van der Waals surface area (Å²) in [7, 11) is 0. The van der Waals surface area contributed by atoms with Crippen LogP contribution in [0.4, 0.5) is 4.79 Å². The predicted octanol–water partition coefficient (Wildman–Crippen LogP) is 2.33. The molecule has 0 saturated carbocycles. The summed E-state index contributed by atoms with van der Waals surface area (Å²) in [4.78, 5) is 27.8. The van der Waals surface area contributed by atoms with E-state index in [2.05, 4.69) is 6.92 Å². The number of hydrogen-bond donors (Lipinski definition) is 0. The van der Waals surface area contributed by atoms with Gasteiger partial charge in [-0.25, -0.2) is 4.79 Å². The molecule has 5 nitrogen and oxygen atoms in total. The molecule has 2 aliphatic heterocycles. The van der Waals surface area contributed by atoms with Gasteiger partial charge in [0.15, 0.2) is 0 Å². The monoisotopic (exact) mass is 316 g/mol. The van der Waals surface area contributed by atoms with E-state index in [0.29, 0.717) is 44.4 Å². The van der Waals surface area contributed by atoms with Crippen LogP contribution in [-0.4, -0.2) is 59.5 Å². The van der Waals surface area contributed by atoms with Gasteiger partial charge in [0.05, 0.1) is 0 Å². The SMILES string of the molecule is CC(C)(C)OC(=O)N1C[C@@H]2CN(C(=O)CCCl)C[C@@]2(C)C1. The van der Waals surface area contributed by atoms with Crippen molar-refractivity contribution in [3.8, 4) is 0 Å². The lowest BCUT2D eigenvalue weighted by atomic mass is 9.83. The topological polar surface area (TPSA) is 49.9 Å². The van der Waals surface area contributed by atoms with Crippen LogP contribution in [0.5, 0.6) is 0 Å². The second-order valence-corrected chi connectivity index (χ2v) is 7.80. The van der Waals surface area contributed by atoms with E-state index in [1.807, 2.05) is 25.7 Å². The van der Waals surface area contributed by atoms with Crippen LogP contribution < -0.4 is 0 Å². The maximum Gasteiger partial charge on any atom is 0.410 e. The standard InChI is InChI=1S/C15H25ClN2O3/c1-14(2,3)21-13(20)18-8-11-7-17(12(19)5-6-16)9-15(11,4)10-18/h11H,5-10H2,1-4H3/t11-,15-/m0/s1. The van der Waals surface area contributed by atoms with Crippen LogP contribution in [0.1, 0.15) is 34.1 Å². The largest absolute Gasteiger partial charge is 0.444 e. The van der Waals surface area contributed by atoms with Crippen molar-refractivity contribution in [2.75, 3.05) is 32.1 Å². The molecule has 0 aromatic carbocycles. The van der Waals surface area contributed by atoms with E-state index in [-0.39, 0.29) is 17.4 Å². The number of carbonyl (C=O) groups is 2. The van der Waals surface area contributed by atoms with Crippen molar-refractivity contribution in [3.63, 3.8) is 0 Å². The molecule has 0 aliphatic carbocycles. The Bertz CT molecular complexity index is 435. The maximum atomic E-state index is 12.2. The van der Waals surface area contributed by atoms with E-state index in [9.17, 15) is 9.59 Å². The zero-order valence-electron chi connectivity index (χ0n) is 13.3. The van der Waals surface area contributed by atoms with Gasteiger partial charge in [-0.3, -0.25) is 4.79 Å². The molecular weight excluding hydrogens is 292 g/mol. The highest BCUT2D eigenvalue weighted by Crippen LogP contribution is 2.42. The van der Waals surface area contributed by atoms with E-state index < -0.39 is 5.60 Å². The Labute approximate surface area is 131 Å². The van der Waals surface area contributed by atoms with Crippen molar-refractivity contribution >= 4 is 23.6 Å². The van der Waals surface area contributed by atoms with Gasteiger partial charge in [0.1, 0.15) is 5.60 Å². The molecule has 0 N–H and O–H groups in total. The summed E-state index contributed by atoms with van der Waals surface area (Å²) < 4.78 is 5.43. The van der Waals surface area contributed by atoms with Gasteiger partial charge < -0.3 is 14.5 Å². The van der Waals surface area contributed by atoms with Gasteiger partial charge in [-0.05, 0) is 20.8 Å². The minimum Gasteiger partial charge on any atom is -0.444 e. The van der Waals surface area contributed by atoms with Gasteiger partial charge in [-0.15, -0.1) is 11.6 Å². The number of likely N-dealkylation sites (tertiary alicyclic amines) is 2. The summed E-state index contributed by atoms with van der Waals surface area (Å²) in [5.41, 5.74) is -0.503. The third-order valence-electron chi connectivity index (χ3n) is 4.28. The van der Waals surface area contributed by atoms with Gasteiger partial charge in [0.2, 0.25) is 5.91 Å². The van der Waals surface area contributed by atoms with Crippen LogP contribution in [0.2, 0.25) is 0 Å². The van der Waals surface area contributed by atoms with E-state index in [1.54, 1.807) is 4.90 Å². The summed E-state index contributed by atoms with van der Waals surface area (Å²) >= 11 is 5.64. The molecule has 120 valence electrons. The van der Waals surface area contributed by atoms with E-state index in [4.69, 9.17) is 16.3 Å². The number of ether oxygens (including phenoxy) is 1. The summed E-state index contributed by atoms with van der Waals surface area (Å²) in [6.45, 7) is 10.5. The van der Waals surface area contributed by atoms with E-state index >= 15 is 0 Å². The second kappa shape index (κ2) is 5.67. The predicted molar refractivity (Wildman–Crippen MR) is 81.3 cm³/mol. The molecule has 2 aliphatic rings. The van der Waals surface area contributed by atoms with Crippen molar-refractivity contribution < 1.29 is 14.3 Å². The summed E-state index contributed by atoms with van der Waals surface area (Å²) in [6.07, 6.45) is 0.136. The smallest absolute Gasteiger partial charge is 0.410 e. The van der Waals surface area contributed by atoms with Crippen LogP contribution in [0.15, 0.2) is 0 Å². The normalized spacial score (nSPS) is 28.7. The molecule has 21 heavy (non-hydrogen) atoms. The number of amides is 2. The first kappa shape index (κ1) is 16.4. The Hall–Kier alpha value is -0.970. The molecule has 0 bridgehead atoms. The van der Waals surface area contributed by atoms with Gasteiger partial charge >= 0.3 is 6.09 Å². The van der Waals surface area contributed by atoms with E-state index in [0.717, 1.165) is 0 Å².